The first-order valence-corrected chi connectivity index (χ1v) is 11.0. The van der Waals surface area contributed by atoms with Crippen molar-refractivity contribution in [3.8, 4) is 16.9 Å². The van der Waals surface area contributed by atoms with E-state index in [1.165, 1.54) is 6.07 Å². The monoisotopic (exact) mass is 467 g/mol. The van der Waals surface area contributed by atoms with Crippen LogP contribution >= 0.6 is 12.3 Å². The van der Waals surface area contributed by atoms with Gasteiger partial charge in [-0.05, 0) is 17.7 Å². The van der Waals surface area contributed by atoms with Crippen molar-refractivity contribution in [1.82, 2.24) is 15.5 Å². The number of benzene rings is 2. The summed E-state index contributed by atoms with van der Waals surface area (Å²) in [4.78, 5) is 7.06. The molecule has 3 rings (SSSR count). The Morgan fingerprint density at radius 3 is 2.71 bits per heavy atom. The molecule has 0 spiro atoms. The number of para-hydroxylation sites is 1. The first-order valence-electron chi connectivity index (χ1n) is 8.67. The smallest absolute Gasteiger partial charge is 0.244 e. The molecule has 0 bridgehead atoms. The Bertz CT molecular complexity index is 1230. The number of nitrogens with zero attached hydrogens (tertiary/aromatic N) is 2. The predicted molar refractivity (Wildman–Crippen MR) is 119 cm³/mol. The fourth-order valence-electron chi connectivity index (χ4n) is 3.08. The average molecular weight is 468 g/mol. The maximum absolute atomic E-state index is 12.8. The first-order chi connectivity index (χ1) is 14.8. The third-order valence-corrected chi connectivity index (χ3v) is 6.34. The van der Waals surface area contributed by atoms with Gasteiger partial charge >= 0.3 is 0 Å². The molecule has 0 saturated carbocycles. The number of H-pyrrole nitrogens is 1. The Kier molecular flexibility index (Phi) is 6.84. The van der Waals surface area contributed by atoms with Crippen LogP contribution < -0.4 is 38.7 Å². The number of aromatic nitrogens is 2. The van der Waals surface area contributed by atoms with Gasteiger partial charge in [-0.2, -0.15) is 10.2 Å². The minimum atomic E-state index is -3.84. The number of nitrogen functional groups attached to an aromatic ring is 1. The molecule has 3 aromatic rings. The largest absolute Gasteiger partial charge is 0.397 e. The summed E-state index contributed by atoms with van der Waals surface area (Å²) in [7, 11) is -3.84. The minimum absolute atomic E-state index is 0.0980. The molecule has 0 saturated heterocycles. The van der Waals surface area contributed by atoms with E-state index in [9.17, 15) is 8.42 Å². The number of nitrogens with two attached hydrogens (primary N) is 5. The molecule has 0 aliphatic rings. The summed E-state index contributed by atoms with van der Waals surface area (Å²) in [6, 6.07) is 8.24. The van der Waals surface area contributed by atoms with Gasteiger partial charge in [0.1, 0.15) is 4.90 Å². The van der Waals surface area contributed by atoms with E-state index in [0.29, 0.717) is 34.5 Å². The molecular weight excluding hydrogens is 446 g/mol. The second-order valence-corrected chi connectivity index (χ2v) is 8.69. The van der Waals surface area contributed by atoms with Gasteiger partial charge < -0.3 is 26.4 Å². The number of imidazole rings is 1. The highest BCUT2D eigenvalue weighted by atomic mass is 32.2. The summed E-state index contributed by atoms with van der Waals surface area (Å²) in [5.74, 6) is 9.92. The molecule has 1 heterocycles. The number of hydrazine groups is 1. The molecule has 12 N–H and O–H groups in total. The average Bonchev–Trinajstić information content (AvgIpc) is 3.11. The lowest BCUT2D eigenvalue weighted by molar-refractivity contribution is 0.363. The van der Waals surface area contributed by atoms with Gasteiger partial charge in [0.2, 0.25) is 12.3 Å². The Labute approximate surface area is 181 Å². The van der Waals surface area contributed by atoms with Gasteiger partial charge in [0, 0.05) is 12.1 Å². The molecule has 0 radical (unpaired) electrons. The summed E-state index contributed by atoms with van der Waals surface area (Å²) < 4.78 is 35.5. The molecule has 0 fully saturated rings. The van der Waals surface area contributed by atoms with Crippen LogP contribution in [0.2, 0.25) is 0 Å². The Morgan fingerprint density at radius 1 is 1.26 bits per heavy atom. The van der Waals surface area contributed by atoms with Crippen LogP contribution in [0.25, 0.3) is 22.2 Å². The van der Waals surface area contributed by atoms with Crippen molar-refractivity contribution in [3.05, 3.63) is 35.9 Å². The Hall–Kier alpha value is -3.08. The van der Waals surface area contributed by atoms with Crippen molar-refractivity contribution in [2.24, 2.45) is 28.3 Å². The van der Waals surface area contributed by atoms with E-state index >= 15 is 0 Å². The number of amidine groups is 1. The normalized spacial score (nSPS) is 12.3. The van der Waals surface area contributed by atoms with Crippen molar-refractivity contribution in [1.29, 1.82) is 0 Å². The van der Waals surface area contributed by atoms with Crippen LogP contribution in [0, 0.1) is 0 Å². The molecule has 15 heteroatoms. The Morgan fingerprint density at radius 2 is 2.03 bits per heavy atom. The van der Waals surface area contributed by atoms with Crippen LogP contribution in [0.15, 0.2) is 40.3 Å². The van der Waals surface area contributed by atoms with Crippen molar-refractivity contribution in [2.45, 2.75) is 4.90 Å². The van der Waals surface area contributed by atoms with E-state index in [4.69, 9.17) is 33.1 Å². The number of sulfone groups is 1. The number of rotatable bonds is 9. The lowest BCUT2D eigenvalue weighted by Crippen LogP contribution is -2.25. The van der Waals surface area contributed by atoms with Crippen LogP contribution in [0.4, 0.5) is 5.95 Å². The van der Waals surface area contributed by atoms with E-state index in [2.05, 4.69) is 24.9 Å². The van der Waals surface area contributed by atoms with Gasteiger partial charge in [-0.25, -0.2) is 24.8 Å². The number of nitrogens with one attached hydrogen (secondary N) is 2. The lowest BCUT2D eigenvalue weighted by atomic mass is 9.97. The topological polar surface area (TPSA) is 236 Å². The molecule has 0 aliphatic carbocycles. The van der Waals surface area contributed by atoms with Crippen LogP contribution in [0.3, 0.4) is 0 Å². The molecule has 0 atom stereocenters. The molecule has 0 aliphatic heterocycles. The van der Waals surface area contributed by atoms with Crippen molar-refractivity contribution in [3.63, 3.8) is 0 Å². The van der Waals surface area contributed by atoms with Crippen molar-refractivity contribution >= 4 is 45.0 Å². The number of hydrogen-bond acceptors (Lipinski definition) is 12. The summed E-state index contributed by atoms with van der Waals surface area (Å²) in [6.07, 6.45) is 0. The zero-order chi connectivity index (χ0) is 22.6. The highest BCUT2D eigenvalue weighted by molar-refractivity contribution is 7.92. The van der Waals surface area contributed by atoms with Gasteiger partial charge in [-0.15, -0.1) is 5.10 Å². The Balaban J connectivity index is 2.40. The molecule has 2 aromatic carbocycles. The quantitative estimate of drug-likeness (QED) is 0.0690. The van der Waals surface area contributed by atoms with Gasteiger partial charge in [0.15, 0.2) is 27.4 Å². The van der Waals surface area contributed by atoms with Gasteiger partial charge in [0.25, 0.3) is 0 Å². The van der Waals surface area contributed by atoms with E-state index in [1.807, 2.05) is 0 Å². The van der Waals surface area contributed by atoms with Crippen molar-refractivity contribution in [2.75, 3.05) is 18.0 Å². The third-order valence-electron chi connectivity index (χ3n) is 4.26. The molecule has 166 valence electrons. The van der Waals surface area contributed by atoms with E-state index in [0.717, 1.165) is 0 Å². The van der Waals surface area contributed by atoms with Gasteiger partial charge in [-0.1, -0.05) is 18.2 Å². The second kappa shape index (κ2) is 9.38. The highest BCUT2D eigenvalue weighted by Gasteiger charge is 2.28. The predicted octanol–water partition coefficient (Wildman–Crippen LogP) is -0.540. The maximum Gasteiger partial charge on any atom is 0.244 e. The highest BCUT2D eigenvalue weighted by Crippen LogP contribution is 2.40. The molecule has 13 nitrogen and oxygen atoms in total. The molecule has 31 heavy (non-hydrogen) atoms. The standard InChI is InChI=1S/C16H21N9O4S2/c17-6-7-31(26,27)11-5-4-8(9-2-1-3-10-13(9)23-16(19)22-10)12(15(18)24-25-20)14(11)28-30-29-21/h1-5,25H,6-7,17,20-21H2,(H2,18,24)(H3,19,22,23). The zero-order valence-electron chi connectivity index (χ0n) is 16.0. The van der Waals surface area contributed by atoms with Crippen LogP contribution in [0.1, 0.15) is 5.56 Å². The fraction of sp³-hybridized carbons (Fsp3) is 0.125. The molecule has 0 unspecified atom stereocenters. The summed E-state index contributed by atoms with van der Waals surface area (Å²) in [6.45, 7) is -0.0980. The van der Waals surface area contributed by atoms with Crippen LogP contribution in [0.5, 0.6) is 5.75 Å². The molecular formula is C16H21N9O4S2. The summed E-state index contributed by atoms with van der Waals surface area (Å²) >= 11 is 0.349. The lowest BCUT2D eigenvalue weighted by Gasteiger charge is -2.18. The number of anilines is 1. The summed E-state index contributed by atoms with van der Waals surface area (Å²) in [5, 5.41) is 3.79. The van der Waals surface area contributed by atoms with Gasteiger partial charge in [-0.3, -0.25) is 0 Å². The summed E-state index contributed by atoms with van der Waals surface area (Å²) in [5.41, 5.74) is 21.8. The number of fused-ring (bicyclic) bond motifs is 1. The van der Waals surface area contributed by atoms with E-state index in [-0.39, 0.29) is 40.3 Å². The van der Waals surface area contributed by atoms with Crippen LogP contribution in [-0.2, 0) is 14.1 Å². The maximum atomic E-state index is 12.8. The van der Waals surface area contributed by atoms with Crippen molar-refractivity contribution < 1.29 is 16.9 Å². The van der Waals surface area contributed by atoms with Gasteiger partial charge in [0.05, 0.1) is 22.3 Å². The first kappa shape index (κ1) is 22.6. The van der Waals surface area contributed by atoms with Crippen LogP contribution in [-0.4, -0.2) is 36.5 Å². The van der Waals surface area contributed by atoms with E-state index < -0.39 is 9.84 Å². The minimum Gasteiger partial charge on any atom is -0.397 e. The molecule has 1 aromatic heterocycles. The number of hydrazone groups is 1. The molecule has 0 amide bonds. The fourth-order valence-corrected chi connectivity index (χ4v) is 4.65. The zero-order valence-corrected chi connectivity index (χ0v) is 17.7. The number of hydrogen-bond donors (Lipinski definition) is 7. The number of aromatic amines is 1. The van der Waals surface area contributed by atoms with E-state index in [1.54, 1.807) is 24.3 Å². The SMILES string of the molecule is NCCS(=O)(=O)c1ccc(-c2cccc3[nH]c(N)nc23)c(/C(N)=N/NN)c1OSON. The third kappa shape index (κ3) is 4.50. The second-order valence-electron chi connectivity index (χ2n) is 6.12.